The van der Waals surface area contributed by atoms with Crippen LogP contribution < -0.4 is 10.1 Å². The lowest BCUT2D eigenvalue weighted by Crippen LogP contribution is -2.54. The van der Waals surface area contributed by atoms with E-state index < -0.39 is 28.3 Å². The maximum absolute atomic E-state index is 13.4. The van der Waals surface area contributed by atoms with Crippen LogP contribution in [0.2, 0.25) is 0 Å². The van der Waals surface area contributed by atoms with Crippen LogP contribution >= 0.6 is 15.9 Å². The molecular weight excluding hydrogens is 532 g/mol. The number of anilines is 1. The van der Waals surface area contributed by atoms with Crippen LogP contribution in [0.25, 0.3) is 0 Å². The number of ether oxygens (including phenoxy) is 1. The number of fused-ring (bicyclic) bond motifs is 2. The van der Waals surface area contributed by atoms with Crippen LogP contribution in [-0.2, 0) is 16.9 Å². The topological polar surface area (TPSA) is 128 Å². The van der Waals surface area contributed by atoms with Gasteiger partial charge in [0, 0.05) is 44.9 Å². The Morgan fingerprint density at radius 3 is 2.64 bits per heavy atom. The van der Waals surface area contributed by atoms with Crippen LogP contribution in [0.3, 0.4) is 0 Å². The van der Waals surface area contributed by atoms with Gasteiger partial charge in [0.25, 0.3) is 17.6 Å². The summed E-state index contributed by atoms with van der Waals surface area (Å²) in [4.78, 5) is 38.0. The number of likely N-dealkylation sites (N-methyl/N-ethyl adjacent to an activating group) is 1. The minimum Gasteiger partial charge on any atom is -0.489 e. The number of benzene rings is 3. The van der Waals surface area contributed by atoms with Gasteiger partial charge in [0.2, 0.25) is 0 Å². The Morgan fingerprint density at radius 2 is 1.89 bits per heavy atom. The first-order chi connectivity index (χ1) is 17.2. The van der Waals surface area contributed by atoms with Gasteiger partial charge in [-0.05, 0) is 36.9 Å². The van der Waals surface area contributed by atoms with Gasteiger partial charge in [-0.1, -0.05) is 46.3 Å². The third-order valence-electron chi connectivity index (χ3n) is 6.93. The Bertz CT molecular complexity index is 1400. The van der Waals surface area contributed by atoms with E-state index in [0.29, 0.717) is 32.6 Å². The molecule has 184 valence electrons. The van der Waals surface area contributed by atoms with E-state index >= 15 is 0 Å². The van der Waals surface area contributed by atoms with Crippen molar-refractivity contribution in [3.8, 4) is 5.75 Å². The summed E-state index contributed by atoms with van der Waals surface area (Å²) in [6, 6.07) is 17.1. The number of amides is 1. The average Bonchev–Trinajstić information content (AvgIpc) is 3.33. The normalized spacial score (nSPS) is 22.9. The summed E-state index contributed by atoms with van der Waals surface area (Å²) in [6.07, 6.45) is 0. The molecule has 3 atom stereocenters. The van der Waals surface area contributed by atoms with Crippen LogP contribution in [0.5, 0.6) is 5.75 Å². The highest BCUT2D eigenvalue weighted by molar-refractivity contribution is 9.10. The van der Waals surface area contributed by atoms with E-state index in [-0.39, 0.29) is 23.8 Å². The Hall–Kier alpha value is -3.83. The van der Waals surface area contributed by atoms with Crippen LogP contribution in [-0.4, -0.2) is 40.3 Å². The largest absolute Gasteiger partial charge is 0.489 e. The molecule has 1 spiro atoms. The van der Waals surface area contributed by atoms with Gasteiger partial charge in [-0.15, -0.1) is 0 Å². The summed E-state index contributed by atoms with van der Waals surface area (Å²) in [5.74, 6) is -0.678. The maximum atomic E-state index is 13.4. The van der Waals surface area contributed by atoms with Gasteiger partial charge in [0.1, 0.15) is 12.4 Å². The van der Waals surface area contributed by atoms with Crippen LogP contribution in [0.1, 0.15) is 22.6 Å². The second-order valence-corrected chi connectivity index (χ2v) is 9.80. The average molecular weight is 553 g/mol. The molecule has 3 aromatic rings. The number of nitrogens with one attached hydrogen (secondary N) is 1. The van der Waals surface area contributed by atoms with Gasteiger partial charge in [0.05, 0.1) is 10.8 Å². The molecule has 0 aromatic heterocycles. The Labute approximate surface area is 214 Å². The number of rotatable bonds is 6. The molecule has 0 aliphatic carbocycles. The van der Waals surface area contributed by atoms with E-state index in [2.05, 4.69) is 21.2 Å². The Morgan fingerprint density at radius 1 is 1.11 bits per heavy atom. The van der Waals surface area contributed by atoms with Crippen LogP contribution in [0.15, 0.2) is 71.2 Å². The van der Waals surface area contributed by atoms with Crippen molar-refractivity contribution in [2.45, 2.75) is 24.1 Å². The molecule has 36 heavy (non-hydrogen) atoms. The molecule has 1 N–H and O–H groups in total. The first-order valence-corrected chi connectivity index (χ1v) is 11.9. The van der Waals surface area contributed by atoms with Gasteiger partial charge in [-0.25, -0.2) is 0 Å². The molecule has 11 heteroatoms. The molecule has 0 bridgehead atoms. The lowest BCUT2D eigenvalue weighted by atomic mass is 9.79. The molecule has 2 heterocycles. The highest BCUT2D eigenvalue weighted by Gasteiger charge is 2.68. The number of halogens is 1. The number of nitro groups is 2. The quantitative estimate of drug-likeness (QED) is 0.353. The Balaban J connectivity index is 1.55. The van der Waals surface area contributed by atoms with Crippen molar-refractivity contribution in [1.29, 1.82) is 0 Å². The number of hydrogen-bond acceptors (Lipinski definition) is 7. The fourth-order valence-electron chi connectivity index (χ4n) is 5.42. The van der Waals surface area contributed by atoms with Crippen molar-refractivity contribution in [2.24, 2.45) is 0 Å². The standard InChI is InChI=1S/C25H21BrN4O6/c1-28-13-19(23(30(34)35)25(28)20-7-2-3-8-21(20)27-24(25)31)18-12-16(26)9-10-22(18)36-14-15-5-4-6-17(11-15)29(32)33/h2-12,19,23H,13-14H2,1H3,(H,27,31)/t19-,23+,25-/m1/s1. The SMILES string of the molecule is CN1C[C@H](c2cc(Br)ccc2OCc2cccc([N+](=O)[O-])c2)[C@H]([N+](=O)[O-])[C@]12C(=O)Nc1ccccc12. The second-order valence-electron chi connectivity index (χ2n) is 8.88. The van der Waals surface area contributed by atoms with Gasteiger partial charge in [0.15, 0.2) is 5.54 Å². The van der Waals surface area contributed by atoms with Crippen LogP contribution in [0.4, 0.5) is 11.4 Å². The number of nitrogens with zero attached hydrogens (tertiary/aromatic N) is 3. The lowest BCUT2D eigenvalue weighted by molar-refractivity contribution is -0.534. The van der Waals surface area contributed by atoms with Gasteiger partial charge < -0.3 is 10.1 Å². The number of carbonyl (C=O) groups excluding carboxylic acids is 1. The molecule has 2 aliphatic rings. The maximum Gasteiger partial charge on any atom is 0.269 e. The zero-order valence-electron chi connectivity index (χ0n) is 19.1. The van der Waals surface area contributed by atoms with Gasteiger partial charge >= 0.3 is 0 Å². The van der Waals surface area contributed by atoms with Crippen molar-refractivity contribution < 1.29 is 19.4 Å². The van der Waals surface area contributed by atoms with Crippen molar-refractivity contribution in [3.63, 3.8) is 0 Å². The predicted molar refractivity (Wildman–Crippen MR) is 134 cm³/mol. The monoisotopic (exact) mass is 552 g/mol. The number of likely N-dealkylation sites (tertiary alicyclic amines) is 1. The number of nitro benzene ring substituents is 1. The van der Waals surface area contributed by atoms with Crippen molar-refractivity contribution in [3.05, 3.63) is 108 Å². The third-order valence-corrected chi connectivity index (χ3v) is 7.42. The fraction of sp³-hybridized carbons (Fsp3) is 0.240. The van der Waals surface area contributed by atoms with E-state index in [1.807, 2.05) is 0 Å². The molecule has 10 nitrogen and oxygen atoms in total. The van der Waals surface area contributed by atoms with E-state index in [1.165, 1.54) is 12.1 Å². The third kappa shape index (κ3) is 3.71. The molecule has 0 radical (unpaired) electrons. The molecule has 0 unspecified atom stereocenters. The van der Waals surface area contributed by atoms with Gasteiger partial charge in [-0.2, -0.15) is 0 Å². The Kier molecular flexibility index (Phi) is 5.97. The highest BCUT2D eigenvalue weighted by Crippen LogP contribution is 2.53. The smallest absolute Gasteiger partial charge is 0.269 e. The summed E-state index contributed by atoms with van der Waals surface area (Å²) >= 11 is 3.46. The summed E-state index contributed by atoms with van der Waals surface area (Å²) in [6.45, 7) is 0.285. The first kappa shape index (κ1) is 23.9. The number of carbonyl (C=O) groups is 1. The van der Waals surface area contributed by atoms with E-state index in [0.717, 1.165) is 0 Å². The molecule has 1 fully saturated rings. The minimum atomic E-state index is -1.47. The summed E-state index contributed by atoms with van der Waals surface area (Å²) in [5, 5.41) is 26.5. The molecule has 5 rings (SSSR count). The number of hydrogen-bond donors (Lipinski definition) is 1. The molecule has 0 saturated carbocycles. The van der Waals surface area contributed by atoms with E-state index in [4.69, 9.17) is 4.74 Å². The van der Waals surface area contributed by atoms with Crippen molar-refractivity contribution in [1.82, 2.24) is 4.90 Å². The summed E-state index contributed by atoms with van der Waals surface area (Å²) < 4.78 is 6.76. The first-order valence-electron chi connectivity index (χ1n) is 11.1. The molecular formula is C25H21BrN4O6. The molecule has 1 amide bonds. The number of non-ortho nitro benzene ring substituents is 1. The highest BCUT2D eigenvalue weighted by atomic mass is 79.9. The molecule has 1 saturated heterocycles. The van der Waals surface area contributed by atoms with Crippen molar-refractivity contribution in [2.75, 3.05) is 18.9 Å². The second kappa shape index (κ2) is 8.99. The molecule has 3 aromatic carbocycles. The van der Waals surface area contributed by atoms with Crippen molar-refractivity contribution >= 4 is 33.2 Å². The predicted octanol–water partition coefficient (Wildman–Crippen LogP) is 4.46. The van der Waals surface area contributed by atoms with Gasteiger partial charge in [-0.3, -0.25) is 29.9 Å². The lowest BCUT2D eigenvalue weighted by Gasteiger charge is -2.30. The fourth-order valence-corrected chi connectivity index (χ4v) is 5.80. The van der Waals surface area contributed by atoms with E-state index in [1.54, 1.807) is 66.5 Å². The summed E-state index contributed by atoms with van der Waals surface area (Å²) in [5.41, 5.74) is 0.801. The summed E-state index contributed by atoms with van der Waals surface area (Å²) in [7, 11) is 1.72. The van der Waals surface area contributed by atoms with E-state index in [9.17, 15) is 25.0 Å². The molecule has 2 aliphatic heterocycles. The van der Waals surface area contributed by atoms with Crippen LogP contribution in [0, 0.1) is 20.2 Å². The minimum absolute atomic E-state index is 0.0382. The number of para-hydroxylation sites is 1. The zero-order chi connectivity index (χ0) is 25.6. The zero-order valence-corrected chi connectivity index (χ0v) is 20.7.